The van der Waals surface area contributed by atoms with Gasteiger partial charge in [0.1, 0.15) is 12.0 Å². The van der Waals surface area contributed by atoms with Crippen LogP contribution in [0.25, 0.3) is 22.3 Å². The predicted octanol–water partition coefficient (Wildman–Crippen LogP) is 1.72. The van der Waals surface area contributed by atoms with E-state index in [2.05, 4.69) is 19.9 Å². The van der Waals surface area contributed by atoms with Crippen molar-refractivity contribution in [1.29, 1.82) is 0 Å². The zero-order chi connectivity index (χ0) is 12.5. The Bertz CT molecular complexity index is 736. The Labute approximate surface area is 101 Å². The van der Waals surface area contributed by atoms with Gasteiger partial charge in [-0.3, -0.25) is 0 Å². The molecular weight excluding hydrogens is 232 g/mol. The first-order valence-electron chi connectivity index (χ1n) is 5.23. The van der Waals surface area contributed by atoms with E-state index in [0.29, 0.717) is 5.69 Å². The molecule has 0 amide bonds. The maximum Gasteiger partial charge on any atom is 0.354 e. The van der Waals surface area contributed by atoms with Crippen LogP contribution in [-0.2, 0) is 0 Å². The lowest BCUT2D eigenvalue weighted by atomic mass is 10.1. The average Bonchev–Trinajstić information content (AvgIpc) is 2.86. The third kappa shape index (κ3) is 1.69. The van der Waals surface area contributed by atoms with Gasteiger partial charge in [-0.2, -0.15) is 0 Å². The standard InChI is InChI=1S/C12H8N4O2/c17-12(18)10-4-9(15-6-16-10)8-3-7-1-2-13-11(7)14-5-8/h1-6H,(H,13,14)(H,17,18). The number of aromatic amines is 1. The van der Waals surface area contributed by atoms with Crippen molar-refractivity contribution in [3.63, 3.8) is 0 Å². The van der Waals surface area contributed by atoms with Crippen LogP contribution in [0.5, 0.6) is 0 Å². The van der Waals surface area contributed by atoms with Crippen LogP contribution in [0.4, 0.5) is 0 Å². The summed E-state index contributed by atoms with van der Waals surface area (Å²) in [4.78, 5) is 25.8. The minimum Gasteiger partial charge on any atom is -0.477 e. The zero-order valence-electron chi connectivity index (χ0n) is 9.16. The Balaban J connectivity index is 2.13. The second-order valence-corrected chi connectivity index (χ2v) is 3.73. The van der Waals surface area contributed by atoms with Crippen LogP contribution in [0.1, 0.15) is 10.5 Å². The van der Waals surface area contributed by atoms with Crippen LogP contribution < -0.4 is 0 Å². The molecule has 0 saturated heterocycles. The Kier molecular flexibility index (Phi) is 2.26. The molecule has 88 valence electrons. The van der Waals surface area contributed by atoms with Crippen LogP contribution in [0.15, 0.2) is 36.9 Å². The summed E-state index contributed by atoms with van der Waals surface area (Å²) in [6, 6.07) is 5.22. The fraction of sp³-hybridized carbons (Fsp3) is 0. The maximum atomic E-state index is 10.8. The maximum absolute atomic E-state index is 10.8. The van der Waals surface area contributed by atoms with E-state index in [9.17, 15) is 4.79 Å². The Hall–Kier alpha value is -2.76. The number of hydrogen-bond donors (Lipinski definition) is 2. The average molecular weight is 240 g/mol. The highest BCUT2D eigenvalue weighted by molar-refractivity contribution is 5.87. The number of H-pyrrole nitrogens is 1. The molecule has 0 bridgehead atoms. The third-order valence-corrected chi connectivity index (χ3v) is 2.58. The van der Waals surface area contributed by atoms with Crippen LogP contribution >= 0.6 is 0 Å². The largest absolute Gasteiger partial charge is 0.477 e. The van der Waals surface area contributed by atoms with Gasteiger partial charge in [0, 0.05) is 23.3 Å². The number of carbonyl (C=O) groups is 1. The summed E-state index contributed by atoms with van der Waals surface area (Å²) in [6.45, 7) is 0. The zero-order valence-corrected chi connectivity index (χ0v) is 9.16. The van der Waals surface area contributed by atoms with Crippen LogP contribution in [0.3, 0.4) is 0 Å². The molecule has 6 nitrogen and oxygen atoms in total. The Morgan fingerprint density at radius 1 is 1.22 bits per heavy atom. The number of carboxylic acids is 1. The fourth-order valence-corrected chi connectivity index (χ4v) is 1.71. The van der Waals surface area contributed by atoms with E-state index >= 15 is 0 Å². The van der Waals surface area contributed by atoms with Crippen LogP contribution in [0.2, 0.25) is 0 Å². The van der Waals surface area contributed by atoms with Crippen LogP contribution in [0, 0.1) is 0 Å². The van der Waals surface area contributed by atoms with Gasteiger partial charge >= 0.3 is 5.97 Å². The van der Waals surface area contributed by atoms with Crippen molar-refractivity contribution in [1.82, 2.24) is 19.9 Å². The van der Waals surface area contributed by atoms with Gasteiger partial charge in [0.25, 0.3) is 0 Å². The third-order valence-electron chi connectivity index (χ3n) is 2.58. The quantitative estimate of drug-likeness (QED) is 0.711. The van der Waals surface area contributed by atoms with E-state index in [4.69, 9.17) is 5.11 Å². The summed E-state index contributed by atoms with van der Waals surface area (Å²) < 4.78 is 0. The predicted molar refractivity (Wildman–Crippen MR) is 64.1 cm³/mol. The molecule has 0 aromatic carbocycles. The summed E-state index contributed by atoms with van der Waals surface area (Å²) in [6.07, 6.45) is 4.68. The first kappa shape index (κ1) is 10.4. The van der Waals surface area contributed by atoms with E-state index < -0.39 is 5.97 Å². The van der Waals surface area contributed by atoms with Crippen LogP contribution in [-0.4, -0.2) is 31.0 Å². The summed E-state index contributed by atoms with van der Waals surface area (Å²) in [7, 11) is 0. The van der Waals surface area contributed by atoms with E-state index in [1.54, 1.807) is 12.4 Å². The molecule has 0 radical (unpaired) electrons. The molecule has 3 aromatic heterocycles. The summed E-state index contributed by atoms with van der Waals surface area (Å²) in [5.41, 5.74) is 2.05. The van der Waals surface area contributed by atoms with Crippen molar-refractivity contribution in [2.45, 2.75) is 0 Å². The smallest absolute Gasteiger partial charge is 0.354 e. The Morgan fingerprint density at radius 2 is 2.11 bits per heavy atom. The number of nitrogens with one attached hydrogen (secondary N) is 1. The number of carboxylic acid groups (broad SMARTS) is 1. The molecule has 0 fully saturated rings. The molecule has 0 atom stereocenters. The number of aromatic carboxylic acids is 1. The van der Waals surface area contributed by atoms with Crippen molar-refractivity contribution in [3.05, 3.63) is 42.6 Å². The molecule has 0 spiro atoms. The fourth-order valence-electron chi connectivity index (χ4n) is 1.71. The van der Waals surface area contributed by atoms with E-state index in [1.807, 2.05) is 12.1 Å². The molecule has 0 unspecified atom stereocenters. The monoisotopic (exact) mass is 240 g/mol. The van der Waals surface area contributed by atoms with Gasteiger partial charge < -0.3 is 10.1 Å². The van der Waals surface area contributed by atoms with Crippen molar-refractivity contribution < 1.29 is 9.90 Å². The van der Waals surface area contributed by atoms with Gasteiger partial charge in [-0.1, -0.05) is 0 Å². The first-order valence-corrected chi connectivity index (χ1v) is 5.23. The molecule has 3 aromatic rings. The number of aromatic nitrogens is 4. The topological polar surface area (TPSA) is 91.8 Å². The SMILES string of the molecule is O=C(O)c1cc(-c2cnc3[nH]ccc3c2)ncn1. The summed E-state index contributed by atoms with van der Waals surface area (Å²) in [5.74, 6) is -1.07. The van der Waals surface area contributed by atoms with Crippen molar-refractivity contribution in [2.24, 2.45) is 0 Å². The van der Waals surface area contributed by atoms with Gasteiger partial charge in [0.05, 0.1) is 5.69 Å². The summed E-state index contributed by atoms with van der Waals surface area (Å²) >= 11 is 0. The molecule has 0 saturated carbocycles. The number of rotatable bonds is 2. The first-order chi connectivity index (χ1) is 8.74. The molecule has 6 heteroatoms. The van der Waals surface area contributed by atoms with Gasteiger partial charge in [0.15, 0.2) is 5.69 Å². The summed E-state index contributed by atoms with van der Waals surface area (Å²) in [5, 5.41) is 9.83. The molecule has 0 aliphatic rings. The van der Waals surface area contributed by atoms with Gasteiger partial charge in [-0.05, 0) is 18.2 Å². The molecule has 2 N–H and O–H groups in total. The minimum atomic E-state index is -1.07. The normalized spacial score (nSPS) is 10.7. The van der Waals surface area contributed by atoms with Crippen molar-refractivity contribution in [2.75, 3.05) is 0 Å². The van der Waals surface area contributed by atoms with E-state index in [0.717, 1.165) is 16.6 Å². The van der Waals surface area contributed by atoms with Gasteiger partial charge in [0.2, 0.25) is 0 Å². The number of nitrogens with zero attached hydrogens (tertiary/aromatic N) is 3. The molecule has 0 aliphatic heterocycles. The lowest BCUT2D eigenvalue weighted by Crippen LogP contribution is -2.01. The lowest BCUT2D eigenvalue weighted by Gasteiger charge is -2.01. The second kappa shape index (κ2) is 3.92. The van der Waals surface area contributed by atoms with Crippen molar-refractivity contribution >= 4 is 17.0 Å². The molecule has 3 heterocycles. The van der Waals surface area contributed by atoms with E-state index in [1.165, 1.54) is 12.4 Å². The highest BCUT2D eigenvalue weighted by Crippen LogP contribution is 2.20. The second-order valence-electron chi connectivity index (χ2n) is 3.73. The highest BCUT2D eigenvalue weighted by Gasteiger charge is 2.08. The lowest BCUT2D eigenvalue weighted by molar-refractivity contribution is 0.0690. The number of pyridine rings is 1. The van der Waals surface area contributed by atoms with Gasteiger partial charge in [-0.15, -0.1) is 0 Å². The number of fused-ring (bicyclic) bond motifs is 1. The number of hydrogen-bond acceptors (Lipinski definition) is 4. The molecular formula is C12H8N4O2. The highest BCUT2D eigenvalue weighted by atomic mass is 16.4. The molecule has 3 rings (SSSR count). The Morgan fingerprint density at radius 3 is 2.94 bits per heavy atom. The van der Waals surface area contributed by atoms with Crippen molar-refractivity contribution in [3.8, 4) is 11.3 Å². The van der Waals surface area contributed by atoms with Gasteiger partial charge in [-0.25, -0.2) is 19.7 Å². The molecule has 0 aliphatic carbocycles. The molecule has 18 heavy (non-hydrogen) atoms. The minimum absolute atomic E-state index is 0.0332. The van der Waals surface area contributed by atoms with E-state index in [-0.39, 0.29) is 5.69 Å².